The summed E-state index contributed by atoms with van der Waals surface area (Å²) >= 11 is 1.42. The topological polar surface area (TPSA) is 86.8 Å². The number of phenols is 1. The van der Waals surface area contributed by atoms with Crippen LogP contribution >= 0.6 is 11.8 Å². The predicted molar refractivity (Wildman–Crippen MR) is 75.9 cm³/mol. The molecule has 1 aliphatic heterocycles. The molecule has 0 bridgehead atoms. The third-order valence-corrected chi connectivity index (χ3v) is 4.41. The number of phenolic OH excluding ortho intramolecular Hbond substituents is 1. The third kappa shape index (κ3) is 2.09. The van der Waals surface area contributed by atoms with Gasteiger partial charge < -0.3 is 10.8 Å². The van der Waals surface area contributed by atoms with E-state index in [1.54, 1.807) is 42.5 Å². The smallest absolute Gasteiger partial charge is 0.248 e. The molecule has 0 aromatic heterocycles. The van der Waals surface area contributed by atoms with Gasteiger partial charge >= 0.3 is 0 Å². The Morgan fingerprint density at radius 3 is 2.55 bits per heavy atom. The number of hydrogen-bond donors (Lipinski definition) is 3. The molecule has 1 aliphatic rings. The Morgan fingerprint density at radius 1 is 1.20 bits per heavy atom. The Kier molecular flexibility index (Phi) is 3.04. The zero-order valence-corrected chi connectivity index (χ0v) is 11.2. The summed E-state index contributed by atoms with van der Waals surface area (Å²) in [6.07, 6.45) is 0. The fourth-order valence-corrected chi connectivity index (χ4v) is 3.32. The Morgan fingerprint density at radius 2 is 1.90 bits per heavy atom. The quantitative estimate of drug-likeness (QED) is 0.790. The number of rotatable bonds is 2. The van der Waals surface area contributed by atoms with Crippen LogP contribution in [0.1, 0.15) is 21.3 Å². The predicted octanol–water partition coefficient (Wildman–Crippen LogP) is 2.49. The highest BCUT2D eigenvalue weighted by Crippen LogP contribution is 2.50. The summed E-state index contributed by atoms with van der Waals surface area (Å²) in [6.45, 7) is 0. The van der Waals surface area contributed by atoms with Gasteiger partial charge in [-0.25, -0.2) is 5.06 Å². The van der Waals surface area contributed by atoms with Gasteiger partial charge in [-0.2, -0.15) is 0 Å². The van der Waals surface area contributed by atoms with E-state index in [0.29, 0.717) is 11.3 Å². The number of primary amides is 1. The molecule has 3 rings (SSSR count). The highest BCUT2D eigenvalue weighted by Gasteiger charge is 2.31. The lowest BCUT2D eigenvalue weighted by Gasteiger charge is -2.19. The molecular weight excluding hydrogens is 276 g/mol. The van der Waals surface area contributed by atoms with Crippen LogP contribution in [0.3, 0.4) is 0 Å². The maximum absolute atomic E-state index is 11.2. The van der Waals surface area contributed by atoms with Crippen molar-refractivity contribution in [2.45, 2.75) is 10.3 Å². The number of anilines is 1. The van der Waals surface area contributed by atoms with Gasteiger partial charge in [-0.15, -0.1) is 0 Å². The Hall–Kier alpha value is -2.18. The Bertz CT molecular complexity index is 673. The highest BCUT2D eigenvalue weighted by molar-refractivity contribution is 8.00. The van der Waals surface area contributed by atoms with Crippen molar-refractivity contribution in [1.29, 1.82) is 0 Å². The standard InChI is InChI=1S/C14H12N2O3S/c15-13(18)9-3-6-11-12(7-9)20-14(16(11)19)8-1-4-10(17)5-2-8/h1-7,14,17,19H,(H2,15,18). The fraction of sp³-hybridized carbons (Fsp3) is 0.0714. The van der Waals surface area contributed by atoms with Crippen molar-refractivity contribution in [3.8, 4) is 5.75 Å². The number of nitrogens with zero attached hydrogens (tertiary/aromatic N) is 1. The van der Waals surface area contributed by atoms with E-state index < -0.39 is 5.91 Å². The SMILES string of the molecule is NC(=O)c1ccc2c(c1)SC(c1ccc(O)cc1)N2O. The Labute approximate surface area is 119 Å². The van der Waals surface area contributed by atoms with Crippen molar-refractivity contribution in [2.75, 3.05) is 5.06 Å². The van der Waals surface area contributed by atoms with E-state index in [2.05, 4.69) is 0 Å². The van der Waals surface area contributed by atoms with Crippen LogP contribution in [0.4, 0.5) is 5.69 Å². The first-order valence-corrected chi connectivity index (χ1v) is 6.82. The first-order valence-electron chi connectivity index (χ1n) is 5.94. The van der Waals surface area contributed by atoms with E-state index in [0.717, 1.165) is 15.5 Å². The van der Waals surface area contributed by atoms with E-state index >= 15 is 0 Å². The maximum Gasteiger partial charge on any atom is 0.248 e. The molecule has 1 unspecified atom stereocenters. The first kappa shape index (κ1) is 12.8. The molecule has 6 heteroatoms. The van der Waals surface area contributed by atoms with E-state index in [4.69, 9.17) is 5.73 Å². The molecule has 1 heterocycles. The van der Waals surface area contributed by atoms with Crippen molar-refractivity contribution >= 4 is 23.4 Å². The second-order valence-corrected chi connectivity index (χ2v) is 5.58. The van der Waals surface area contributed by atoms with Crippen LogP contribution in [-0.2, 0) is 0 Å². The van der Waals surface area contributed by atoms with Crippen LogP contribution in [0.25, 0.3) is 0 Å². The molecule has 0 spiro atoms. The average Bonchev–Trinajstić information content (AvgIpc) is 2.76. The van der Waals surface area contributed by atoms with Crippen molar-refractivity contribution in [3.05, 3.63) is 53.6 Å². The van der Waals surface area contributed by atoms with Gasteiger partial charge in [0, 0.05) is 10.5 Å². The number of hydrogen-bond acceptors (Lipinski definition) is 5. The molecular formula is C14H12N2O3S. The lowest BCUT2D eigenvalue weighted by Crippen LogP contribution is -2.18. The monoisotopic (exact) mass is 288 g/mol. The maximum atomic E-state index is 11.2. The minimum absolute atomic E-state index is 0.176. The molecule has 0 fully saturated rings. The normalized spacial score (nSPS) is 17.1. The van der Waals surface area contributed by atoms with E-state index in [1.807, 2.05) is 0 Å². The fourth-order valence-electron chi connectivity index (χ4n) is 2.10. The number of nitrogens with two attached hydrogens (primary N) is 1. The number of carbonyl (C=O) groups excluding carboxylic acids is 1. The number of aromatic hydroxyl groups is 1. The zero-order chi connectivity index (χ0) is 14.3. The van der Waals surface area contributed by atoms with Gasteiger partial charge in [-0.3, -0.25) is 10.0 Å². The van der Waals surface area contributed by atoms with Crippen molar-refractivity contribution in [1.82, 2.24) is 0 Å². The van der Waals surface area contributed by atoms with Crippen LogP contribution in [0.2, 0.25) is 0 Å². The molecule has 4 N–H and O–H groups in total. The zero-order valence-electron chi connectivity index (χ0n) is 10.4. The molecule has 20 heavy (non-hydrogen) atoms. The highest BCUT2D eigenvalue weighted by atomic mass is 32.2. The summed E-state index contributed by atoms with van der Waals surface area (Å²) in [5.74, 6) is -0.319. The summed E-state index contributed by atoms with van der Waals surface area (Å²) < 4.78 is 0. The lowest BCUT2D eigenvalue weighted by atomic mass is 10.2. The first-order chi connectivity index (χ1) is 9.56. The molecule has 102 valence electrons. The number of amides is 1. The van der Waals surface area contributed by atoms with Crippen LogP contribution in [-0.4, -0.2) is 16.2 Å². The number of hydroxylamine groups is 1. The van der Waals surface area contributed by atoms with Crippen LogP contribution in [0, 0.1) is 0 Å². The summed E-state index contributed by atoms with van der Waals surface area (Å²) in [6, 6.07) is 11.6. The summed E-state index contributed by atoms with van der Waals surface area (Å²) in [5.41, 5.74) is 7.16. The van der Waals surface area contributed by atoms with Crippen molar-refractivity contribution < 1.29 is 15.1 Å². The van der Waals surface area contributed by atoms with Crippen LogP contribution in [0.5, 0.6) is 5.75 Å². The van der Waals surface area contributed by atoms with Gasteiger partial charge in [0.15, 0.2) is 0 Å². The van der Waals surface area contributed by atoms with Gasteiger partial charge in [0.2, 0.25) is 5.91 Å². The number of benzene rings is 2. The van der Waals surface area contributed by atoms with Gasteiger partial charge in [0.25, 0.3) is 0 Å². The van der Waals surface area contributed by atoms with Crippen LogP contribution < -0.4 is 10.8 Å². The molecule has 0 saturated heterocycles. The van der Waals surface area contributed by atoms with Gasteiger partial charge in [0.1, 0.15) is 11.1 Å². The van der Waals surface area contributed by atoms with Crippen molar-refractivity contribution in [3.63, 3.8) is 0 Å². The second-order valence-electron chi connectivity index (χ2n) is 4.45. The minimum atomic E-state index is -0.494. The molecule has 0 radical (unpaired) electrons. The van der Waals surface area contributed by atoms with Gasteiger partial charge in [-0.05, 0) is 35.9 Å². The Balaban J connectivity index is 1.95. The lowest BCUT2D eigenvalue weighted by molar-refractivity contribution is 0.1000. The number of carbonyl (C=O) groups is 1. The summed E-state index contributed by atoms with van der Waals surface area (Å²) in [7, 11) is 0. The third-order valence-electron chi connectivity index (χ3n) is 3.13. The van der Waals surface area contributed by atoms with E-state index in [9.17, 15) is 15.1 Å². The number of thioether (sulfide) groups is 1. The molecule has 1 amide bonds. The minimum Gasteiger partial charge on any atom is -0.508 e. The largest absolute Gasteiger partial charge is 0.508 e. The summed E-state index contributed by atoms with van der Waals surface area (Å²) in [4.78, 5) is 12.0. The molecule has 1 atom stereocenters. The molecule has 2 aromatic rings. The molecule has 2 aromatic carbocycles. The van der Waals surface area contributed by atoms with Gasteiger partial charge in [0.05, 0.1) is 5.69 Å². The van der Waals surface area contributed by atoms with Crippen molar-refractivity contribution in [2.24, 2.45) is 5.73 Å². The second kappa shape index (κ2) is 4.73. The molecule has 0 aliphatic carbocycles. The average molecular weight is 288 g/mol. The van der Waals surface area contributed by atoms with E-state index in [-0.39, 0.29) is 11.1 Å². The number of fused-ring (bicyclic) bond motifs is 1. The summed E-state index contributed by atoms with van der Waals surface area (Å²) in [5, 5.41) is 20.4. The van der Waals surface area contributed by atoms with Crippen LogP contribution in [0.15, 0.2) is 47.4 Å². The van der Waals surface area contributed by atoms with Gasteiger partial charge in [-0.1, -0.05) is 23.9 Å². The molecule has 0 saturated carbocycles. The molecule has 5 nitrogen and oxygen atoms in total. The van der Waals surface area contributed by atoms with E-state index in [1.165, 1.54) is 11.8 Å².